The van der Waals surface area contributed by atoms with Gasteiger partial charge in [-0.1, -0.05) is 30.1 Å². The van der Waals surface area contributed by atoms with Gasteiger partial charge in [0.1, 0.15) is 0 Å². The smallest absolute Gasteiger partial charge is 0.0490 e. The molecular weight excluding hydrogens is 132 g/mol. The van der Waals surface area contributed by atoms with Gasteiger partial charge in [-0.15, -0.1) is 0 Å². The average Bonchev–Trinajstić information content (AvgIpc) is 2.04. The Hall–Kier alpha value is -1.22. The molecule has 0 heteroatoms. The molecule has 1 atom stereocenters. The predicted molar refractivity (Wildman–Crippen MR) is 46.9 cm³/mol. The summed E-state index contributed by atoms with van der Waals surface area (Å²) in [7, 11) is 0. The second-order valence-corrected chi connectivity index (χ2v) is 2.98. The highest BCUT2D eigenvalue weighted by atomic mass is 14.2. The van der Waals surface area contributed by atoms with E-state index in [-0.39, 0.29) is 0 Å². The van der Waals surface area contributed by atoms with Crippen molar-refractivity contribution in [3.63, 3.8) is 0 Å². The zero-order valence-corrected chi connectivity index (χ0v) is 6.59. The minimum Gasteiger partial charge on any atom is -0.0897 e. The van der Waals surface area contributed by atoms with Crippen LogP contribution in [0.3, 0.4) is 0 Å². The highest BCUT2D eigenvalue weighted by Gasteiger charge is 2.12. The monoisotopic (exact) mass is 142 g/mol. The van der Waals surface area contributed by atoms with Crippen LogP contribution in [0.1, 0.15) is 13.3 Å². The topological polar surface area (TPSA) is 0 Å². The standard InChI is InChI=1S/C11H10/c1-9-6-7-10-4-2-3-5-11(10)8-9/h2-3,5,8,10H,4H2,1H3. The van der Waals surface area contributed by atoms with Crippen LogP contribution in [0, 0.1) is 17.8 Å². The van der Waals surface area contributed by atoms with Gasteiger partial charge in [0.25, 0.3) is 0 Å². The minimum absolute atomic E-state index is 0.476. The molecule has 1 unspecified atom stereocenters. The third kappa shape index (κ3) is 1.14. The van der Waals surface area contributed by atoms with Crippen molar-refractivity contribution in [3.05, 3.63) is 35.5 Å². The van der Waals surface area contributed by atoms with Crippen LogP contribution in [0.2, 0.25) is 0 Å². The first-order chi connectivity index (χ1) is 5.36. The summed E-state index contributed by atoms with van der Waals surface area (Å²) in [4.78, 5) is 0. The molecule has 0 N–H and O–H groups in total. The van der Waals surface area contributed by atoms with Gasteiger partial charge in [0.2, 0.25) is 0 Å². The highest BCUT2D eigenvalue weighted by molar-refractivity contribution is 5.46. The van der Waals surface area contributed by atoms with Gasteiger partial charge >= 0.3 is 0 Å². The maximum absolute atomic E-state index is 3.23. The van der Waals surface area contributed by atoms with E-state index in [1.807, 2.05) is 0 Å². The van der Waals surface area contributed by atoms with Crippen LogP contribution in [-0.4, -0.2) is 0 Å². The van der Waals surface area contributed by atoms with E-state index >= 15 is 0 Å². The van der Waals surface area contributed by atoms with E-state index in [9.17, 15) is 0 Å². The lowest BCUT2D eigenvalue weighted by Crippen LogP contribution is -2.04. The molecule has 2 rings (SSSR count). The Morgan fingerprint density at radius 1 is 1.55 bits per heavy atom. The quantitative estimate of drug-likeness (QED) is 0.456. The molecule has 0 spiro atoms. The summed E-state index contributed by atoms with van der Waals surface area (Å²) in [5.74, 6) is 6.83. The van der Waals surface area contributed by atoms with Crippen molar-refractivity contribution in [2.24, 2.45) is 5.92 Å². The zero-order valence-electron chi connectivity index (χ0n) is 6.59. The van der Waals surface area contributed by atoms with Gasteiger partial charge < -0.3 is 0 Å². The van der Waals surface area contributed by atoms with Crippen molar-refractivity contribution in [3.8, 4) is 11.8 Å². The molecule has 2 aliphatic carbocycles. The fourth-order valence-corrected chi connectivity index (χ4v) is 1.42. The van der Waals surface area contributed by atoms with E-state index in [0.717, 1.165) is 6.42 Å². The van der Waals surface area contributed by atoms with Gasteiger partial charge in [0, 0.05) is 5.92 Å². The molecule has 0 radical (unpaired) electrons. The van der Waals surface area contributed by atoms with Crippen LogP contribution < -0.4 is 0 Å². The maximum Gasteiger partial charge on any atom is 0.0490 e. The normalized spacial score (nSPS) is 26.1. The predicted octanol–water partition coefficient (Wildman–Crippen LogP) is 2.45. The summed E-state index contributed by atoms with van der Waals surface area (Å²) < 4.78 is 0. The summed E-state index contributed by atoms with van der Waals surface area (Å²) in [6, 6.07) is 0. The lowest BCUT2D eigenvalue weighted by atomic mass is 9.88. The Balaban J connectivity index is 2.40. The number of rotatable bonds is 0. The Bertz CT molecular complexity index is 316. The molecule has 0 saturated carbocycles. The van der Waals surface area contributed by atoms with Crippen LogP contribution in [-0.2, 0) is 0 Å². The molecule has 0 aliphatic heterocycles. The van der Waals surface area contributed by atoms with Gasteiger partial charge in [0.15, 0.2) is 0 Å². The summed E-state index contributed by atoms with van der Waals surface area (Å²) in [6.07, 6.45) is 9.72. The van der Waals surface area contributed by atoms with Crippen LogP contribution in [0.5, 0.6) is 0 Å². The Morgan fingerprint density at radius 2 is 2.45 bits per heavy atom. The van der Waals surface area contributed by atoms with Gasteiger partial charge in [-0.05, 0) is 30.6 Å². The molecule has 0 aromatic rings. The van der Waals surface area contributed by atoms with E-state index in [2.05, 4.69) is 43.1 Å². The lowest BCUT2D eigenvalue weighted by molar-refractivity contribution is 0.808. The van der Waals surface area contributed by atoms with Crippen molar-refractivity contribution in [1.82, 2.24) is 0 Å². The molecule has 0 bridgehead atoms. The van der Waals surface area contributed by atoms with Crippen LogP contribution in [0.25, 0.3) is 0 Å². The molecule has 11 heavy (non-hydrogen) atoms. The van der Waals surface area contributed by atoms with Crippen LogP contribution in [0.15, 0.2) is 35.5 Å². The first kappa shape index (κ1) is 6.49. The third-order valence-corrected chi connectivity index (χ3v) is 2.03. The highest BCUT2D eigenvalue weighted by Crippen LogP contribution is 2.24. The molecule has 0 nitrogen and oxygen atoms in total. The van der Waals surface area contributed by atoms with Crippen molar-refractivity contribution in [1.29, 1.82) is 0 Å². The van der Waals surface area contributed by atoms with Crippen LogP contribution >= 0.6 is 0 Å². The van der Waals surface area contributed by atoms with Gasteiger partial charge in [-0.3, -0.25) is 0 Å². The van der Waals surface area contributed by atoms with E-state index in [1.165, 1.54) is 11.1 Å². The van der Waals surface area contributed by atoms with Gasteiger partial charge in [0.05, 0.1) is 0 Å². The summed E-state index contributed by atoms with van der Waals surface area (Å²) >= 11 is 0. The van der Waals surface area contributed by atoms with E-state index in [0.29, 0.717) is 5.92 Å². The molecule has 2 aliphatic rings. The second kappa shape index (κ2) is 2.43. The second-order valence-electron chi connectivity index (χ2n) is 2.98. The van der Waals surface area contributed by atoms with Crippen molar-refractivity contribution in [2.45, 2.75) is 13.3 Å². The van der Waals surface area contributed by atoms with Crippen LogP contribution in [0.4, 0.5) is 0 Å². The number of hydrogen-bond acceptors (Lipinski definition) is 0. The SMILES string of the molecule is CC1=CC2=CC=CCC2C#C1. The van der Waals surface area contributed by atoms with E-state index < -0.39 is 0 Å². The fourth-order valence-electron chi connectivity index (χ4n) is 1.42. The maximum atomic E-state index is 3.23. The van der Waals surface area contributed by atoms with Gasteiger partial charge in [-0.25, -0.2) is 0 Å². The molecule has 0 saturated heterocycles. The molecule has 0 aromatic heterocycles. The Kier molecular flexibility index (Phi) is 1.43. The fraction of sp³-hybridized carbons (Fsp3) is 0.273. The van der Waals surface area contributed by atoms with Gasteiger partial charge in [-0.2, -0.15) is 0 Å². The largest absolute Gasteiger partial charge is 0.0897 e. The molecular formula is C11H10. The molecule has 0 aromatic carbocycles. The summed E-state index contributed by atoms with van der Waals surface area (Å²) in [5.41, 5.74) is 2.56. The first-order valence-corrected chi connectivity index (χ1v) is 3.93. The number of allylic oxidation sites excluding steroid dienone is 6. The molecule has 54 valence electrons. The molecule has 0 amide bonds. The van der Waals surface area contributed by atoms with Crippen molar-refractivity contribution >= 4 is 0 Å². The lowest BCUT2D eigenvalue weighted by Gasteiger charge is -2.15. The average molecular weight is 142 g/mol. The molecule has 0 heterocycles. The number of fused-ring (bicyclic) bond motifs is 1. The van der Waals surface area contributed by atoms with Crippen molar-refractivity contribution in [2.75, 3.05) is 0 Å². The van der Waals surface area contributed by atoms with E-state index in [1.54, 1.807) is 0 Å². The minimum atomic E-state index is 0.476. The van der Waals surface area contributed by atoms with Crippen molar-refractivity contribution < 1.29 is 0 Å². The Morgan fingerprint density at radius 3 is 3.36 bits per heavy atom. The molecule has 0 fully saturated rings. The first-order valence-electron chi connectivity index (χ1n) is 3.93. The zero-order chi connectivity index (χ0) is 7.68. The Labute approximate surface area is 67.3 Å². The third-order valence-electron chi connectivity index (χ3n) is 2.03. The number of hydrogen-bond donors (Lipinski definition) is 0. The van der Waals surface area contributed by atoms with E-state index in [4.69, 9.17) is 0 Å². The summed E-state index contributed by atoms with van der Waals surface area (Å²) in [6.45, 7) is 2.06. The summed E-state index contributed by atoms with van der Waals surface area (Å²) in [5, 5.41) is 0.